The van der Waals surface area contributed by atoms with Crippen molar-refractivity contribution in [2.75, 3.05) is 24.2 Å². The molecule has 1 saturated heterocycles. The van der Waals surface area contributed by atoms with Gasteiger partial charge in [-0.15, -0.1) is 11.3 Å². The van der Waals surface area contributed by atoms with Gasteiger partial charge in [0.1, 0.15) is 5.69 Å². The highest BCUT2D eigenvalue weighted by atomic mass is 35.5. The Labute approximate surface area is 244 Å². The number of amides is 2. The zero-order valence-corrected chi connectivity index (χ0v) is 24.0. The van der Waals surface area contributed by atoms with Gasteiger partial charge in [-0.2, -0.15) is 0 Å². The van der Waals surface area contributed by atoms with E-state index in [2.05, 4.69) is 30.5 Å². The molecule has 0 unspecified atom stereocenters. The second-order valence-corrected chi connectivity index (χ2v) is 12.0. The zero-order chi connectivity index (χ0) is 27.2. The van der Waals surface area contributed by atoms with Gasteiger partial charge >= 0.3 is 0 Å². The van der Waals surface area contributed by atoms with Crippen LogP contribution in [0.5, 0.6) is 0 Å². The summed E-state index contributed by atoms with van der Waals surface area (Å²) in [5.41, 5.74) is 3.80. The largest absolute Gasteiger partial charge is 0.353 e. The number of nitrogens with one attached hydrogen (secondary N) is 3. The monoisotopic (exact) mass is 600 g/mol. The van der Waals surface area contributed by atoms with Gasteiger partial charge in [-0.3, -0.25) is 14.5 Å². The van der Waals surface area contributed by atoms with Crippen LogP contribution < -0.4 is 10.6 Å². The van der Waals surface area contributed by atoms with Gasteiger partial charge in [0.05, 0.1) is 27.8 Å². The second-order valence-electron chi connectivity index (χ2n) is 9.14. The third-order valence-electron chi connectivity index (χ3n) is 6.30. The van der Waals surface area contributed by atoms with E-state index >= 15 is 0 Å². The Morgan fingerprint density at radius 1 is 1.13 bits per heavy atom. The van der Waals surface area contributed by atoms with Crippen LogP contribution >= 0.6 is 46.3 Å². The van der Waals surface area contributed by atoms with E-state index in [1.807, 2.05) is 47.8 Å². The minimum Gasteiger partial charge on any atom is -0.353 e. The molecule has 3 heterocycles. The van der Waals surface area contributed by atoms with E-state index in [-0.39, 0.29) is 17.9 Å². The fourth-order valence-electron chi connectivity index (χ4n) is 4.32. The summed E-state index contributed by atoms with van der Waals surface area (Å²) in [7, 11) is 0. The molecule has 8 nitrogen and oxygen atoms in total. The highest BCUT2D eigenvalue weighted by Gasteiger charge is 2.21. The molecule has 2 amide bonds. The minimum atomic E-state index is -0.286. The number of likely N-dealkylation sites (tertiary alicyclic amines) is 1. The normalized spacial score (nSPS) is 14.3. The van der Waals surface area contributed by atoms with Gasteiger partial charge in [-0.1, -0.05) is 53.2 Å². The summed E-state index contributed by atoms with van der Waals surface area (Å²) >= 11 is 15.1. The third kappa shape index (κ3) is 7.61. The maximum atomic E-state index is 12.6. The van der Waals surface area contributed by atoms with Gasteiger partial charge in [0.2, 0.25) is 5.91 Å². The van der Waals surface area contributed by atoms with E-state index in [1.165, 1.54) is 29.4 Å². The van der Waals surface area contributed by atoms with E-state index < -0.39 is 0 Å². The third-order valence-corrected chi connectivity index (χ3v) is 9.06. The maximum absolute atomic E-state index is 12.6. The van der Waals surface area contributed by atoms with Crippen molar-refractivity contribution in [3.05, 3.63) is 81.7 Å². The molecule has 1 aliphatic rings. The van der Waals surface area contributed by atoms with Gasteiger partial charge in [-0.25, -0.2) is 9.97 Å². The van der Waals surface area contributed by atoms with Crippen LogP contribution in [-0.4, -0.2) is 56.6 Å². The number of hydrogen-bond acceptors (Lipinski definition) is 7. The summed E-state index contributed by atoms with van der Waals surface area (Å²) in [6.45, 7) is 2.64. The van der Waals surface area contributed by atoms with Crippen LogP contribution in [0, 0.1) is 0 Å². The van der Waals surface area contributed by atoms with Crippen molar-refractivity contribution in [3.63, 3.8) is 0 Å². The number of carbonyl (C=O) groups excluding carboxylic acids is 2. The highest BCUT2D eigenvalue weighted by Crippen LogP contribution is 2.30. The standard InChI is InChI=1S/C27H26Cl2N6O2S2/c28-21-5-4-17(10-22(21)29)13-35-8-6-19(7-9-35)32-25(36)15-39-27-34-24(14-38-27)18-2-1-3-20(11-18)33-26(37)23-12-30-16-31-23/h1-5,10-12,14,16,19H,6-9,13,15H2,(H,30,31)(H,32,36)(H,33,37). The molecule has 5 rings (SSSR count). The molecule has 0 bridgehead atoms. The van der Waals surface area contributed by atoms with Crippen molar-refractivity contribution >= 4 is 63.8 Å². The molecule has 4 aromatic rings. The number of piperidine rings is 1. The van der Waals surface area contributed by atoms with Gasteiger partial charge in [-0.05, 0) is 42.7 Å². The Kier molecular flexibility index (Phi) is 9.21. The first-order valence-corrected chi connectivity index (χ1v) is 15.0. The Morgan fingerprint density at radius 3 is 2.74 bits per heavy atom. The van der Waals surface area contributed by atoms with Crippen molar-refractivity contribution in [2.24, 2.45) is 0 Å². The van der Waals surface area contributed by atoms with E-state index in [4.69, 9.17) is 23.2 Å². The zero-order valence-electron chi connectivity index (χ0n) is 20.8. The number of aromatic nitrogens is 3. The molecule has 0 radical (unpaired) electrons. The predicted molar refractivity (Wildman–Crippen MR) is 158 cm³/mol. The number of carbonyl (C=O) groups is 2. The summed E-state index contributed by atoms with van der Waals surface area (Å²) in [5.74, 6) is 0.0461. The molecule has 1 fully saturated rings. The van der Waals surface area contributed by atoms with E-state index in [9.17, 15) is 9.59 Å². The van der Waals surface area contributed by atoms with Gasteiger partial charge < -0.3 is 15.6 Å². The molecule has 12 heteroatoms. The lowest BCUT2D eigenvalue weighted by atomic mass is 10.0. The lowest BCUT2D eigenvalue weighted by Crippen LogP contribution is -2.44. The van der Waals surface area contributed by atoms with Crippen LogP contribution in [0.15, 0.2) is 64.7 Å². The van der Waals surface area contributed by atoms with Crippen LogP contribution in [0.1, 0.15) is 28.9 Å². The van der Waals surface area contributed by atoms with Crippen LogP contribution in [0.2, 0.25) is 10.0 Å². The van der Waals surface area contributed by atoms with E-state index in [0.29, 0.717) is 27.2 Å². The first-order chi connectivity index (χ1) is 18.9. The predicted octanol–water partition coefficient (Wildman–Crippen LogP) is 5.97. The fraction of sp³-hybridized carbons (Fsp3) is 0.259. The van der Waals surface area contributed by atoms with Crippen molar-refractivity contribution in [1.29, 1.82) is 0 Å². The molecule has 202 valence electrons. The topological polar surface area (TPSA) is 103 Å². The number of benzene rings is 2. The minimum absolute atomic E-state index is 0.0164. The SMILES string of the molecule is O=C(CSc1nc(-c2cccc(NC(=O)c3c[nH]cn3)c2)cs1)NC1CCN(Cc2ccc(Cl)c(Cl)c2)CC1. The first-order valence-electron chi connectivity index (χ1n) is 12.4. The number of halogens is 2. The Balaban J connectivity index is 1.06. The number of thioether (sulfide) groups is 1. The van der Waals surface area contributed by atoms with Crippen LogP contribution in [0.3, 0.4) is 0 Å². The number of rotatable bonds is 9. The molecule has 0 saturated carbocycles. The molecule has 0 spiro atoms. The number of aromatic amines is 1. The summed E-state index contributed by atoms with van der Waals surface area (Å²) in [4.78, 5) is 38.7. The Morgan fingerprint density at radius 2 is 1.97 bits per heavy atom. The molecular weight excluding hydrogens is 575 g/mol. The summed E-state index contributed by atoms with van der Waals surface area (Å²) in [6, 6.07) is 13.4. The molecule has 39 heavy (non-hydrogen) atoms. The van der Waals surface area contributed by atoms with E-state index in [0.717, 1.165) is 53.6 Å². The molecule has 3 N–H and O–H groups in total. The number of H-pyrrole nitrogens is 1. The molecule has 2 aromatic carbocycles. The fourth-order valence-corrected chi connectivity index (χ4v) is 6.29. The maximum Gasteiger partial charge on any atom is 0.275 e. The van der Waals surface area contributed by atoms with Crippen molar-refractivity contribution in [2.45, 2.75) is 29.8 Å². The summed E-state index contributed by atoms with van der Waals surface area (Å²) in [5, 5.41) is 9.11. The average Bonchev–Trinajstić information content (AvgIpc) is 3.64. The second kappa shape index (κ2) is 13.0. The van der Waals surface area contributed by atoms with Crippen LogP contribution in [0.25, 0.3) is 11.3 Å². The van der Waals surface area contributed by atoms with Crippen molar-refractivity contribution in [1.82, 2.24) is 25.2 Å². The van der Waals surface area contributed by atoms with Crippen LogP contribution in [0.4, 0.5) is 5.69 Å². The summed E-state index contributed by atoms with van der Waals surface area (Å²) in [6.07, 6.45) is 4.82. The molecular formula is C27H26Cl2N6O2S2. The lowest BCUT2D eigenvalue weighted by molar-refractivity contribution is -0.119. The molecule has 0 aliphatic carbocycles. The van der Waals surface area contributed by atoms with Crippen LogP contribution in [-0.2, 0) is 11.3 Å². The van der Waals surface area contributed by atoms with Gasteiger partial charge in [0.15, 0.2) is 4.34 Å². The number of anilines is 1. The average molecular weight is 602 g/mol. The lowest BCUT2D eigenvalue weighted by Gasteiger charge is -2.32. The number of hydrogen-bond donors (Lipinski definition) is 3. The molecule has 1 aliphatic heterocycles. The highest BCUT2D eigenvalue weighted by molar-refractivity contribution is 8.01. The Hall–Kier alpha value is -2.89. The number of thiazole rings is 1. The van der Waals surface area contributed by atoms with Gasteiger partial charge in [0.25, 0.3) is 5.91 Å². The van der Waals surface area contributed by atoms with Crippen molar-refractivity contribution in [3.8, 4) is 11.3 Å². The summed E-state index contributed by atoms with van der Waals surface area (Å²) < 4.78 is 0.822. The number of nitrogens with zero attached hydrogens (tertiary/aromatic N) is 3. The molecule has 2 aromatic heterocycles. The smallest absolute Gasteiger partial charge is 0.275 e. The molecule has 0 atom stereocenters. The number of imidazole rings is 1. The van der Waals surface area contributed by atoms with E-state index in [1.54, 1.807) is 6.20 Å². The Bertz CT molecular complexity index is 1440. The first kappa shape index (κ1) is 27.7. The quantitative estimate of drug-likeness (QED) is 0.205. The van der Waals surface area contributed by atoms with Crippen molar-refractivity contribution < 1.29 is 9.59 Å². The van der Waals surface area contributed by atoms with Gasteiger partial charge in [0, 0.05) is 48.5 Å².